The van der Waals surface area contributed by atoms with Crippen LogP contribution in [0.15, 0.2) is 116 Å². The van der Waals surface area contributed by atoms with Gasteiger partial charge in [0.1, 0.15) is 68.4 Å². The summed E-state index contributed by atoms with van der Waals surface area (Å²) >= 11 is 0. The lowest BCUT2D eigenvalue weighted by Gasteiger charge is -2.45. The minimum Gasteiger partial charge on any atom is -0.383 e. The van der Waals surface area contributed by atoms with Crippen LogP contribution in [0.25, 0.3) is 34.0 Å². The quantitative estimate of drug-likeness (QED) is 0.0264. The summed E-state index contributed by atoms with van der Waals surface area (Å²) in [5.41, 5.74) is 33.0. The lowest BCUT2D eigenvalue weighted by atomic mass is 9.65. The van der Waals surface area contributed by atoms with Gasteiger partial charge in [0.25, 0.3) is 29.5 Å². The summed E-state index contributed by atoms with van der Waals surface area (Å²) in [6, 6.07) is 19.8. The fraction of sp³-hybridized carbons (Fsp3) is 0.400. The molecule has 3 saturated heterocycles. The van der Waals surface area contributed by atoms with E-state index in [1.54, 1.807) is 64.6 Å². The van der Waals surface area contributed by atoms with E-state index in [0.29, 0.717) is 85.9 Å². The molecule has 0 bridgehead atoms. The maximum absolute atomic E-state index is 14.5. The number of halogens is 7. The van der Waals surface area contributed by atoms with E-state index >= 15 is 0 Å². The van der Waals surface area contributed by atoms with Gasteiger partial charge in [0.15, 0.2) is 0 Å². The van der Waals surface area contributed by atoms with Crippen molar-refractivity contribution >= 4 is 52.9 Å². The summed E-state index contributed by atoms with van der Waals surface area (Å²) in [4.78, 5) is 78.9. The Bertz CT molecular complexity index is 5430. The van der Waals surface area contributed by atoms with Crippen LogP contribution in [0, 0.1) is 45.7 Å². The molecule has 7 aliphatic rings. The van der Waals surface area contributed by atoms with Crippen molar-refractivity contribution in [2.75, 3.05) is 63.1 Å². The minimum atomic E-state index is -4.83. The number of amides is 6. The summed E-state index contributed by atoms with van der Waals surface area (Å²) in [6.07, 6.45) is 8.63. The Morgan fingerprint density at radius 3 is 1.55 bits per heavy atom. The van der Waals surface area contributed by atoms with Gasteiger partial charge in [0.2, 0.25) is 5.91 Å². The van der Waals surface area contributed by atoms with Gasteiger partial charge in [-0.1, -0.05) is 67.0 Å². The Kier molecular flexibility index (Phi) is 21.0. The molecule has 114 heavy (non-hydrogen) atoms. The van der Waals surface area contributed by atoms with Gasteiger partial charge in [-0.25, -0.2) is 18.4 Å². The number of carbonyl (C=O) groups excluding carboxylic acids is 6. The molecule has 3 spiro atoms. The van der Waals surface area contributed by atoms with E-state index in [9.17, 15) is 59.5 Å². The van der Waals surface area contributed by atoms with Crippen molar-refractivity contribution in [2.45, 2.75) is 141 Å². The van der Waals surface area contributed by atoms with Crippen molar-refractivity contribution in [3.63, 3.8) is 0 Å². The second-order valence-electron chi connectivity index (χ2n) is 30.8. The molecule has 3 aromatic carbocycles. The van der Waals surface area contributed by atoms with E-state index in [1.165, 1.54) is 63.8 Å². The van der Waals surface area contributed by atoms with E-state index in [2.05, 4.69) is 85.3 Å². The van der Waals surface area contributed by atoms with E-state index < -0.39 is 47.0 Å². The van der Waals surface area contributed by atoms with E-state index in [1.807, 2.05) is 20.5 Å². The number of nitrogens with zero attached hydrogens (tertiary/aromatic N) is 15. The fourth-order valence-electron chi connectivity index (χ4n) is 17.3. The SMILES string of the molecule is C=CC(=O)N1CCC2(CC(n3nc(-c4ccn(Cc5cccc(C(F)(F)F)c5F)n4)c(C(N)=O)c3N)C2)C1.CC#CC(=O)N1CCC2(CC(n3nc(-c4ccn(Cc5cccc(C(F)(F)F)c5)n4)c(C(N)=O)c3N)C2)C1.CC#CC(=O)N1CCC2(CC(n3nc(-c4cnn(Cc5cccc(C6CC6)c5)c4)c(C(N)=O)c3NC)C2)C1.[HH]. The summed E-state index contributed by atoms with van der Waals surface area (Å²) in [6.45, 7) is 11.3. The zero-order chi connectivity index (χ0) is 81.1. The lowest BCUT2D eigenvalue weighted by molar-refractivity contribution is -0.140. The number of hydrogen-bond donors (Lipinski definition) is 6. The second kappa shape index (κ2) is 30.5. The molecule has 7 fully saturated rings. The number of carbonyl (C=O) groups is 6. The third kappa shape index (κ3) is 15.6. The van der Waals surface area contributed by atoms with Gasteiger partial charge in [-0.3, -0.25) is 42.8 Å². The van der Waals surface area contributed by atoms with Crippen LogP contribution < -0.4 is 34.0 Å². The number of primary amides is 3. The lowest BCUT2D eigenvalue weighted by Crippen LogP contribution is -2.42. The fourth-order valence-corrected chi connectivity index (χ4v) is 17.3. The number of nitrogens with one attached hydrogen (secondary N) is 1. The molecule has 4 saturated carbocycles. The molecule has 9 aromatic rings. The number of likely N-dealkylation sites (tertiary alicyclic amines) is 3. The molecule has 3 aliphatic heterocycles. The predicted molar refractivity (Wildman–Crippen MR) is 408 cm³/mol. The number of rotatable bonds is 18. The highest BCUT2D eigenvalue weighted by molar-refractivity contribution is 6.05. The smallest absolute Gasteiger partial charge is 0.383 e. The maximum Gasteiger partial charge on any atom is 0.419 e. The second-order valence-corrected chi connectivity index (χ2v) is 30.8. The highest BCUT2D eigenvalue weighted by atomic mass is 19.4. The van der Waals surface area contributed by atoms with Crippen LogP contribution in [0.2, 0.25) is 0 Å². The Labute approximate surface area is 651 Å². The zero-order valence-electron chi connectivity index (χ0n) is 62.7. The molecule has 16 rings (SSSR count). The minimum absolute atomic E-state index is 0. The van der Waals surface area contributed by atoms with Crippen LogP contribution in [0.3, 0.4) is 0 Å². The summed E-state index contributed by atoms with van der Waals surface area (Å²) in [7, 11) is 1.79. The molecular formula is C80H86F7N21O6. The normalized spacial score (nSPS) is 21.3. The third-order valence-corrected chi connectivity index (χ3v) is 23.0. The van der Waals surface area contributed by atoms with Crippen molar-refractivity contribution in [2.24, 2.45) is 33.4 Å². The van der Waals surface area contributed by atoms with Crippen LogP contribution in [0.5, 0.6) is 0 Å². The van der Waals surface area contributed by atoms with Gasteiger partial charge < -0.3 is 48.7 Å². The number of anilines is 3. The summed E-state index contributed by atoms with van der Waals surface area (Å²) < 4.78 is 103. The van der Waals surface area contributed by atoms with Crippen LogP contribution >= 0.6 is 0 Å². The number of hydrogen-bond acceptors (Lipinski definition) is 15. The van der Waals surface area contributed by atoms with Crippen molar-refractivity contribution < 1.29 is 60.9 Å². The number of nitrogens with two attached hydrogens (primary N) is 5. The Hall–Kier alpha value is -12.5. The number of aromatic nitrogens is 12. The Morgan fingerprint density at radius 2 is 1.06 bits per heavy atom. The first-order valence-corrected chi connectivity index (χ1v) is 37.3. The van der Waals surface area contributed by atoms with Gasteiger partial charge in [0.05, 0.1) is 55.1 Å². The Morgan fingerprint density at radius 1 is 0.588 bits per heavy atom. The number of benzene rings is 3. The highest BCUT2D eigenvalue weighted by Crippen LogP contribution is 2.58. The van der Waals surface area contributed by atoms with Crippen LogP contribution in [-0.4, -0.2) is 155 Å². The third-order valence-electron chi connectivity index (χ3n) is 23.0. The van der Waals surface area contributed by atoms with Crippen molar-refractivity contribution in [3.05, 3.63) is 172 Å². The van der Waals surface area contributed by atoms with Gasteiger partial charge in [-0.2, -0.15) is 56.9 Å². The maximum atomic E-state index is 14.5. The first kappa shape index (κ1) is 78.2. The van der Waals surface area contributed by atoms with Crippen LogP contribution in [0.1, 0.15) is 174 Å². The summed E-state index contributed by atoms with van der Waals surface area (Å²) in [5.74, 6) is 8.30. The molecule has 27 nitrogen and oxygen atoms in total. The highest BCUT2D eigenvalue weighted by Gasteiger charge is 2.54. The van der Waals surface area contributed by atoms with Crippen molar-refractivity contribution in [3.8, 4) is 57.7 Å². The van der Waals surface area contributed by atoms with E-state index in [4.69, 9.17) is 33.8 Å². The van der Waals surface area contributed by atoms with Crippen LogP contribution in [-0.2, 0) is 46.4 Å². The van der Waals surface area contributed by atoms with Gasteiger partial charge >= 0.3 is 12.4 Å². The molecule has 11 N–H and O–H groups in total. The topological polar surface area (TPSA) is 361 Å². The monoisotopic (exact) mass is 1570 g/mol. The Balaban J connectivity index is 0.000000150. The van der Waals surface area contributed by atoms with E-state index in [0.717, 1.165) is 81.8 Å². The first-order valence-electron chi connectivity index (χ1n) is 37.3. The molecule has 6 amide bonds. The van der Waals surface area contributed by atoms with E-state index in [-0.39, 0.29) is 112 Å². The molecule has 0 atom stereocenters. The first-order chi connectivity index (χ1) is 54.3. The standard InChI is InChI=1S/C29H33N7O2.C26H26F3N7O2.C25H25F4N7O2.H2/c1-3-5-24(37)34-11-10-29(18-34)13-23(14-29)36-28(31-2)25(27(30)38)26(33-36)22-15-32-35(17-22)16-19-6-4-7-21(12-19)20-8-9-20;1-2-4-20(37)34-10-8-25(15-34)12-18(13-25)36-23(30)21(24(31)38)22(33-36)19-7-9-35(32-19)14-16-5-3-6-17(11-16)26(27,28)29;1-2-18(37)34-9-7-24(13-34)10-15(11-24)36-22(30)19(23(31)38)21(33-36)17-6-8-35(32-17)12-14-4-3-5-16(20(14)26)25(27,28)29;/h4,6-7,12,15,17,20,23,31H,8-11,13-14,16,18H2,1-2H3,(H2,30,38);3,5-7,9,11,18H,8,10,12-15,30H2,1H3,(H2,31,38);2-6,8,15H,1,7,9-13,30H2,(H2,31,38);1H. The molecule has 4 aliphatic carbocycles. The van der Waals surface area contributed by atoms with Gasteiger partial charge in [-0.05, 0) is 172 Å². The van der Waals surface area contributed by atoms with Gasteiger partial charge in [-0.15, -0.1) is 0 Å². The number of nitrogen functional groups attached to an aromatic ring is 2. The summed E-state index contributed by atoms with van der Waals surface area (Å²) in [5, 5.41) is 30.5. The number of alkyl halides is 6. The van der Waals surface area contributed by atoms with Crippen LogP contribution in [0.4, 0.5) is 48.2 Å². The molecule has 9 heterocycles. The average molecular weight is 1570 g/mol. The largest absolute Gasteiger partial charge is 0.419 e. The molecule has 0 unspecified atom stereocenters. The molecule has 596 valence electrons. The molecule has 34 heteroatoms. The average Bonchev–Trinajstić information content (AvgIpc) is 1.59. The molecule has 0 radical (unpaired) electrons. The molecule has 6 aromatic heterocycles. The predicted octanol–water partition coefficient (Wildman–Crippen LogP) is 10.1. The van der Waals surface area contributed by atoms with Crippen molar-refractivity contribution in [1.29, 1.82) is 0 Å². The van der Waals surface area contributed by atoms with Crippen molar-refractivity contribution in [1.82, 2.24) is 73.4 Å². The zero-order valence-corrected chi connectivity index (χ0v) is 62.7. The van der Waals surface area contributed by atoms with Gasteiger partial charge in [0, 0.05) is 77.5 Å². The molecular weight excluding hydrogens is 1480 g/mol.